The van der Waals surface area contributed by atoms with Crippen molar-refractivity contribution in [2.45, 2.75) is 25.9 Å². The van der Waals surface area contributed by atoms with Crippen molar-refractivity contribution in [2.75, 3.05) is 0 Å². The van der Waals surface area contributed by atoms with Gasteiger partial charge in [-0.3, -0.25) is 0 Å². The van der Waals surface area contributed by atoms with Crippen LogP contribution in [-0.2, 0) is 6.54 Å². The molecule has 100 valence electrons. The van der Waals surface area contributed by atoms with E-state index in [0.717, 1.165) is 18.0 Å². The second-order valence-electron chi connectivity index (χ2n) is 4.56. The summed E-state index contributed by atoms with van der Waals surface area (Å²) in [4.78, 5) is 0. The van der Waals surface area contributed by atoms with Gasteiger partial charge in [-0.1, -0.05) is 42.8 Å². The highest BCUT2D eigenvalue weighted by molar-refractivity contribution is 6.30. The van der Waals surface area contributed by atoms with Crippen LogP contribution in [0.3, 0.4) is 0 Å². The van der Waals surface area contributed by atoms with E-state index in [0.29, 0.717) is 5.75 Å². The van der Waals surface area contributed by atoms with Gasteiger partial charge in [0.15, 0.2) is 0 Å². The molecule has 1 atom stereocenters. The van der Waals surface area contributed by atoms with Gasteiger partial charge < -0.3 is 10.4 Å². The van der Waals surface area contributed by atoms with E-state index in [9.17, 15) is 5.11 Å². The van der Waals surface area contributed by atoms with Gasteiger partial charge in [0, 0.05) is 17.6 Å². The van der Waals surface area contributed by atoms with Crippen LogP contribution in [0.4, 0.5) is 0 Å². The number of rotatable bonds is 5. The summed E-state index contributed by atoms with van der Waals surface area (Å²) in [7, 11) is 0. The Morgan fingerprint density at radius 1 is 1.16 bits per heavy atom. The third-order valence-corrected chi connectivity index (χ3v) is 3.38. The number of phenolic OH excluding ortho intramolecular Hbond substituents is 1. The molecule has 2 aromatic rings. The molecule has 0 aliphatic carbocycles. The topological polar surface area (TPSA) is 32.3 Å². The van der Waals surface area contributed by atoms with Gasteiger partial charge in [-0.2, -0.15) is 0 Å². The zero-order chi connectivity index (χ0) is 13.7. The van der Waals surface area contributed by atoms with Crippen molar-refractivity contribution in [2.24, 2.45) is 0 Å². The molecule has 0 spiro atoms. The molecule has 0 aromatic heterocycles. The number of halogens is 1. The maximum absolute atomic E-state index is 9.31. The lowest BCUT2D eigenvalue weighted by atomic mass is 10.0. The Balaban J connectivity index is 2.01. The number of phenols is 1. The van der Waals surface area contributed by atoms with Gasteiger partial charge >= 0.3 is 0 Å². The molecule has 0 radical (unpaired) electrons. The van der Waals surface area contributed by atoms with E-state index in [2.05, 4.69) is 18.3 Å². The van der Waals surface area contributed by atoms with E-state index in [1.54, 1.807) is 12.1 Å². The highest BCUT2D eigenvalue weighted by atomic mass is 35.5. The van der Waals surface area contributed by atoms with Crippen LogP contribution in [0.2, 0.25) is 5.02 Å². The minimum Gasteiger partial charge on any atom is -0.508 e. The van der Waals surface area contributed by atoms with Crippen molar-refractivity contribution in [3.8, 4) is 5.75 Å². The number of benzene rings is 2. The normalized spacial score (nSPS) is 12.3. The van der Waals surface area contributed by atoms with E-state index in [4.69, 9.17) is 11.6 Å². The Bertz CT molecular complexity index is 525. The second kappa shape index (κ2) is 6.60. The Morgan fingerprint density at radius 3 is 2.53 bits per heavy atom. The number of hydrogen-bond acceptors (Lipinski definition) is 2. The lowest BCUT2D eigenvalue weighted by Gasteiger charge is -2.17. The lowest BCUT2D eigenvalue weighted by Crippen LogP contribution is -2.20. The Kier molecular flexibility index (Phi) is 4.83. The van der Waals surface area contributed by atoms with Gasteiger partial charge in [-0.25, -0.2) is 0 Å². The van der Waals surface area contributed by atoms with E-state index in [1.165, 1.54) is 11.1 Å². The fourth-order valence-electron chi connectivity index (χ4n) is 2.09. The molecule has 0 aliphatic heterocycles. The molecule has 2 nitrogen and oxygen atoms in total. The standard InChI is InChI=1S/C16H18ClNO/c1-2-16(13-6-8-15(19)9-7-13)18-11-12-4-3-5-14(17)10-12/h3-10,16,18-19H,2,11H2,1H3. The molecule has 0 aliphatic rings. The summed E-state index contributed by atoms with van der Waals surface area (Å²) < 4.78 is 0. The number of nitrogens with one attached hydrogen (secondary N) is 1. The van der Waals surface area contributed by atoms with Crippen molar-refractivity contribution in [1.82, 2.24) is 5.32 Å². The Hall–Kier alpha value is -1.51. The fourth-order valence-corrected chi connectivity index (χ4v) is 2.31. The monoisotopic (exact) mass is 275 g/mol. The molecule has 2 N–H and O–H groups in total. The SMILES string of the molecule is CCC(NCc1cccc(Cl)c1)c1ccc(O)cc1. The first-order valence-electron chi connectivity index (χ1n) is 6.46. The highest BCUT2D eigenvalue weighted by Gasteiger charge is 2.08. The molecule has 0 bridgehead atoms. The predicted octanol–water partition coefficient (Wildman–Crippen LogP) is 4.29. The third kappa shape index (κ3) is 3.98. The first kappa shape index (κ1) is 13.9. The average molecular weight is 276 g/mol. The number of hydrogen-bond donors (Lipinski definition) is 2. The summed E-state index contributed by atoms with van der Waals surface area (Å²) in [5.74, 6) is 0.299. The summed E-state index contributed by atoms with van der Waals surface area (Å²) in [6, 6.07) is 15.5. The summed E-state index contributed by atoms with van der Waals surface area (Å²) in [5, 5.41) is 13.6. The maximum Gasteiger partial charge on any atom is 0.115 e. The molecular formula is C16H18ClNO. The molecule has 2 aromatic carbocycles. The molecule has 2 rings (SSSR count). The zero-order valence-electron chi connectivity index (χ0n) is 10.9. The molecule has 0 heterocycles. The number of aromatic hydroxyl groups is 1. The van der Waals surface area contributed by atoms with Gasteiger partial charge in [0.1, 0.15) is 5.75 Å². The second-order valence-corrected chi connectivity index (χ2v) is 5.00. The van der Waals surface area contributed by atoms with Crippen molar-refractivity contribution >= 4 is 11.6 Å². The molecule has 0 saturated carbocycles. The van der Waals surface area contributed by atoms with Crippen molar-refractivity contribution in [1.29, 1.82) is 0 Å². The van der Waals surface area contributed by atoms with E-state index in [-0.39, 0.29) is 6.04 Å². The zero-order valence-corrected chi connectivity index (χ0v) is 11.7. The van der Waals surface area contributed by atoms with Crippen LogP contribution < -0.4 is 5.32 Å². The van der Waals surface area contributed by atoms with Crippen LogP contribution in [0.15, 0.2) is 48.5 Å². The Morgan fingerprint density at radius 2 is 1.89 bits per heavy atom. The first-order valence-corrected chi connectivity index (χ1v) is 6.83. The van der Waals surface area contributed by atoms with Gasteiger partial charge in [0.2, 0.25) is 0 Å². The summed E-state index contributed by atoms with van der Waals surface area (Å²) in [6.45, 7) is 2.92. The molecular weight excluding hydrogens is 258 g/mol. The molecule has 3 heteroatoms. The quantitative estimate of drug-likeness (QED) is 0.853. The van der Waals surface area contributed by atoms with Crippen LogP contribution >= 0.6 is 11.6 Å². The molecule has 0 fully saturated rings. The van der Waals surface area contributed by atoms with Crippen LogP contribution in [0.1, 0.15) is 30.5 Å². The largest absolute Gasteiger partial charge is 0.508 e. The minimum atomic E-state index is 0.277. The van der Waals surface area contributed by atoms with E-state index >= 15 is 0 Å². The van der Waals surface area contributed by atoms with Gasteiger partial charge in [-0.15, -0.1) is 0 Å². The highest BCUT2D eigenvalue weighted by Crippen LogP contribution is 2.20. The van der Waals surface area contributed by atoms with Crippen LogP contribution in [0, 0.1) is 0 Å². The van der Waals surface area contributed by atoms with Crippen LogP contribution in [0.25, 0.3) is 0 Å². The van der Waals surface area contributed by atoms with E-state index in [1.807, 2.05) is 30.3 Å². The Labute approximate surface area is 119 Å². The maximum atomic E-state index is 9.31. The van der Waals surface area contributed by atoms with Crippen molar-refractivity contribution in [3.63, 3.8) is 0 Å². The van der Waals surface area contributed by atoms with Crippen molar-refractivity contribution in [3.05, 3.63) is 64.7 Å². The average Bonchev–Trinajstić information content (AvgIpc) is 2.41. The smallest absolute Gasteiger partial charge is 0.115 e. The van der Waals surface area contributed by atoms with Crippen molar-refractivity contribution < 1.29 is 5.11 Å². The van der Waals surface area contributed by atoms with Crippen LogP contribution in [0.5, 0.6) is 5.75 Å². The van der Waals surface area contributed by atoms with Gasteiger partial charge in [-0.05, 0) is 41.8 Å². The summed E-state index contributed by atoms with van der Waals surface area (Å²) >= 11 is 5.97. The van der Waals surface area contributed by atoms with Gasteiger partial charge in [0.25, 0.3) is 0 Å². The fraction of sp³-hybridized carbons (Fsp3) is 0.250. The molecule has 1 unspecified atom stereocenters. The minimum absolute atomic E-state index is 0.277. The summed E-state index contributed by atoms with van der Waals surface area (Å²) in [6.07, 6.45) is 0.991. The predicted molar refractivity (Wildman–Crippen MR) is 79.4 cm³/mol. The molecule has 0 saturated heterocycles. The first-order chi connectivity index (χ1) is 9.19. The molecule has 0 amide bonds. The lowest BCUT2D eigenvalue weighted by molar-refractivity contribution is 0.473. The third-order valence-electron chi connectivity index (χ3n) is 3.15. The van der Waals surface area contributed by atoms with Gasteiger partial charge in [0.05, 0.1) is 0 Å². The van der Waals surface area contributed by atoms with E-state index < -0.39 is 0 Å². The molecule has 19 heavy (non-hydrogen) atoms. The summed E-state index contributed by atoms with van der Waals surface area (Å²) in [5.41, 5.74) is 2.35. The van der Waals surface area contributed by atoms with Crippen LogP contribution in [-0.4, -0.2) is 5.11 Å².